The third kappa shape index (κ3) is 9.07. The third-order valence-corrected chi connectivity index (χ3v) is 5.20. The number of aromatic nitrogens is 3. The average Bonchev–Trinajstić information content (AvgIpc) is 3.01. The van der Waals surface area contributed by atoms with Crippen LogP contribution in [0.15, 0.2) is 164 Å². The van der Waals surface area contributed by atoms with Gasteiger partial charge in [-0.05, 0) is 36.4 Å². The van der Waals surface area contributed by atoms with E-state index in [-0.39, 0.29) is 21.1 Å². The van der Waals surface area contributed by atoms with Gasteiger partial charge in [0.1, 0.15) is 0 Å². The summed E-state index contributed by atoms with van der Waals surface area (Å²) < 4.78 is 0. The molecular weight excluding hydrogens is 633 g/mol. The number of hydrogen-bond donors (Lipinski definition) is 0. The van der Waals surface area contributed by atoms with Gasteiger partial charge < -0.3 is 0 Å². The molecule has 4 heteroatoms. The van der Waals surface area contributed by atoms with Crippen LogP contribution in [0, 0.1) is 0 Å². The molecule has 0 atom stereocenters. The van der Waals surface area contributed by atoms with E-state index in [0.717, 1.165) is 33.8 Å². The predicted molar refractivity (Wildman–Crippen MR) is 149 cm³/mol. The second-order valence-electron chi connectivity index (χ2n) is 7.74. The monoisotopic (exact) mass is 660 g/mol. The van der Waals surface area contributed by atoms with Crippen LogP contribution in [0.1, 0.15) is 0 Å². The zero-order chi connectivity index (χ0) is 24.7. The molecule has 0 N–H and O–H groups in total. The molecule has 0 bridgehead atoms. The fourth-order valence-electron chi connectivity index (χ4n) is 3.43. The third-order valence-electron chi connectivity index (χ3n) is 5.20. The first-order valence-electron chi connectivity index (χ1n) is 11.8. The standard InChI is InChI=1S/3C11H9N.Pt/c3*1-2-6-10(7-3-1)11-8-4-5-9-12-11;/h3*1-9H;/q;;;+2. The fourth-order valence-corrected chi connectivity index (χ4v) is 3.43. The second kappa shape index (κ2) is 15.7. The number of pyridine rings is 3. The molecule has 0 unspecified atom stereocenters. The number of benzene rings is 3. The molecule has 0 saturated heterocycles. The van der Waals surface area contributed by atoms with Crippen LogP contribution in [0.3, 0.4) is 0 Å². The molecular formula is C33H27N3Pt+2. The summed E-state index contributed by atoms with van der Waals surface area (Å²) in [5, 5.41) is 0. The molecule has 0 amide bonds. The summed E-state index contributed by atoms with van der Waals surface area (Å²) in [6, 6.07) is 48.3. The first-order chi connectivity index (χ1) is 17.9. The van der Waals surface area contributed by atoms with E-state index in [4.69, 9.17) is 0 Å². The molecule has 3 aromatic carbocycles. The van der Waals surface area contributed by atoms with Gasteiger partial charge in [0.25, 0.3) is 0 Å². The van der Waals surface area contributed by atoms with E-state index in [2.05, 4.69) is 51.4 Å². The normalized spacial score (nSPS) is 9.41. The van der Waals surface area contributed by atoms with Crippen molar-refractivity contribution in [1.82, 2.24) is 15.0 Å². The SMILES string of the molecule is [Pt+2].c1ccc(-c2ccccn2)cc1.c1ccc(-c2ccccn2)cc1.c1ccc(-c2ccccn2)cc1. The van der Waals surface area contributed by atoms with Gasteiger partial charge in [-0.2, -0.15) is 0 Å². The first kappa shape index (κ1) is 27.4. The minimum atomic E-state index is 0. The molecule has 3 aromatic heterocycles. The van der Waals surface area contributed by atoms with Crippen molar-refractivity contribution < 1.29 is 21.1 Å². The number of rotatable bonds is 3. The van der Waals surface area contributed by atoms with Gasteiger partial charge in [-0.3, -0.25) is 15.0 Å². The van der Waals surface area contributed by atoms with Crippen molar-refractivity contribution in [3.05, 3.63) is 164 Å². The molecule has 0 aliphatic carbocycles. The fraction of sp³-hybridized carbons (Fsp3) is 0. The Bertz CT molecular complexity index is 1090. The Hall–Kier alpha value is -4.20. The maximum atomic E-state index is 4.25. The Morgan fingerprint density at radius 1 is 0.270 bits per heavy atom. The van der Waals surface area contributed by atoms with Crippen LogP contribution in [0.2, 0.25) is 0 Å². The smallest absolute Gasteiger partial charge is 0.256 e. The van der Waals surface area contributed by atoms with Crippen molar-refractivity contribution >= 4 is 0 Å². The van der Waals surface area contributed by atoms with Gasteiger partial charge >= 0.3 is 21.1 Å². The number of nitrogens with zero attached hydrogens (tertiary/aromatic N) is 3. The van der Waals surface area contributed by atoms with Crippen LogP contribution >= 0.6 is 0 Å². The summed E-state index contributed by atoms with van der Waals surface area (Å²) in [5.41, 5.74) is 6.57. The van der Waals surface area contributed by atoms with Gasteiger partial charge in [0, 0.05) is 35.3 Å². The van der Waals surface area contributed by atoms with Gasteiger partial charge in [-0.15, -0.1) is 0 Å². The summed E-state index contributed by atoms with van der Waals surface area (Å²) in [4.78, 5) is 12.7. The molecule has 3 nitrogen and oxygen atoms in total. The second-order valence-corrected chi connectivity index (χ2v) is 7.74. The van der Waals surface area contributed by atoms with E-state index < -0.39 is 0 Å². The Kier molecular flexibility index (Phi) is 11.6. The summed E-state index contributed by atoms with van der Waals surface area (Å²) >= 11 is 0. The molecule has 0 saturated carbocycles. The molecule has 0 aliphatic rings. The molecule has 37 heavy (non-hydrogen) atoms. The van der Waals surface area contributed by atoms with Crippen molar-refractivity contribution in [1.29, 1.82) is 0 Å². The van der Waals surface area contributed by atoms with Crippen molar-refractivity contribution in [2.75, 3.05) is 0 Å². The van der Waals surface area contributed by atoms with E-state index in [9.17, 15) is 0 Å². The number of hydrogen-bond acceptors (Lipinski definition) is 3. The summed E-state index contributed by atoms with van der Waals surface area (Å²) in [6.45, 7) is 0. The minimum absolute atomic E-state index is 0. The van der Waals surface area contributed by atoms with E-state index >= 15 is 0 Å². The quantitative estimate of drug-likeness (QED) is 0.192. The van der Waals surface area contributed by atoms with E-state index in [1.165, 1.54) is 0 Å². The molecule has 182 valence electrons. The van der Waals surface area contributed by atoms with Gasteiger partial charge in [0.2, 0.25) is 0 Å². The molecule has 3 heterocycles. The maximum Gasteiger partial charge on any atom is 2.00 e. The van der Waals surface area contributed by atoms with Crippen LogP contribution in [-0.2, 0) is 21.1 Å². The van der Waals surface area contributed by atoms with Crippen LogP contribution in [-0.4, -0.2) is 15.0 Å². The largest absolute Gasteiger partial charge is 2.00 e. The molecule has 0 aliphatic heterocycles. The Labute approximate surface area is 233 Å². The van der Waals surface area contributed by atoms with Crippen molar-refractivity contribution in [3.63, 3.8) is 0 Å². The summed E-state index contributed by atoms with van der Waals surface area (Å²) in [5.74, 6) is 0. The van der Waals surface area contributed by atoms with Gasteiger partial charge in [-0.1, -0.05) is 109 Å². The average molecular weight is 661 g/mol. The van der Waals surface area contributed by atoms with Crippen molar-refractivity contribution in [3.8, 4) is 33.8 Å². The van der Waals surface area contributed by atoms with Crippen molar-refractivity contribution in [2.45, 2.75) is 0 Å². The maximum absolute atomic E-state index is 4.25. The zero-order valence-electron chi connectivity index (χ0n) is 20.2. The van der Waals surface area contributed by atoms with Gasteiger partial charge in [0.15, 0.2) is 0 Å². The van der Waals surface area contributed by atoms with Crippen molar-refractivity contribution in [2.24, 2.45) is 0 Å². The first-order valence-corrected chi connectivity index (χ1v) is 11.8. The Balaban J connectivity index is 0.000000152. The predicted octanol–water partition coefficient (Wildman–Crippen LogP) is 8.24. The molecule has 6 aromatic rings. The Morgan fingerprint density at radius 2 is 0.514 bits per heavy atom. The minimum Gasteiger partial charge on any atom is -0.256 e. The topological polar surface area (TPSA) is 38.7 Å². The summed E-state index contributed by atoms with van der Waals surface area (Å²) in [6.07, 6.45) is 5.42. The molecule has 0 fully saturated rings. The molecule has 0 radical (unpaired) electrons. The van der Waals surface area contributed by atoms with Crippen LogP contribution in [0.4, 0.5) is 0 Å². The van der Waals surface area contributed by atoms with Crippen LogP contribution < -0.4 is 0 Å². The molecule has 6 rings (SSSR count). The van der Waals surface area contributed by atoms with E-state index in [1.54, 1.807) is 0 Å². The summed E-state index contributed by atoms with van der Waals surface area (Å²) in [7, 11) is 0. The van der Waals surface area contributed by atoms with Crippen LogP contribution in [0.5, 0.6) is 0 Å². The molecule has 0 spiro atoms. The van der Waals surface area contributed by atoms with E-state index in [1.807, 2.05) is 128 Å². The Morgan fingerprint density at radius 3 is 0.730 bits per heavy atom. The van der Waals surface area contributed by atoms with Gasteiger partial charge in [0.05, 0.1) is 17.1 Å². The zero-order valence-corrected chi connectivity index (χ0v) is 22.5. The van der Waals surface area contributed by atoms with Gasteiger partial charge in [-0.25, -0.2) is 0 Å². The van der Waals surface area contributed by atoms with E-state index in [0.29, 0.717) is 0 Å². The van der Waals surface area contributed by atoms with Crippen LogP contribution in [0.25, 0.3) is 33.8 Å².